The molecule has 1 atom stereocenters. The smallest absolute Gasteiger partial charge is 0.312 e. The largest absolute Gasteiger partial charge is 0.481 e. The van der Waals surface area contributed by atoms with Crippen LogP contribution in [0.3, 0.4) is 0 Å². The maximum Gasteiger partial charge on any atom is 0.312 e. The Morgan fingerprint density at radius 3 is 2.52 bits per heavy atom. The summed E-state index contributed by atoms with van der Waals surface area (Å²) in [7, 11) is 0. The Morgan fingerprint density at radius 2 is 1.80 bits per heavy atom. The van der Waals surface area contributed by atoms with Crippen LogP contribution in [0.5, 0.6) is 0 Å². The molecule has 1 aliphatic rings. The number of carbonyl (C=O) groups excluding carboxylic acids is 1. The van der Waals surface area contributed by atoms with E-state index in [-0.39, 0.29) is 12.5 Å². The van der Waals surface area contributed by atoms with E-state index in [1.54, 1.807) is 16.7 Å². The summed E-state index contributed by atoms with van der Waals surface area (Å²) in [5, 5.41) is 9.95. The minimum atomic E-state index is -0.894. The summed E-state index contributed by atoms with van der Waals surface area (Å²) in [5.74, 6) is -1.68. The summed E-state index contributed by atoms with van der Waals surface area (Å²) in [5.41, 5.74) is 2.36. The molecule has 0 fully saturated rings. The summed E-state index contributed by atoms with van der Waals surface area (Å²) in [4.78, 5) is 27.4. The summed E-state index contributed by atoms with van der Waals surface area (Å²) < 4.78 is 0. The molecule has 4 nitrogen and oxygen atoms in total. The van der Waals surface area contributed by atoms with Gasteiger partial charge in [0.2, 0.25) is 0 Å². The van der Waals surface area contributed by atoms with Crippen molar-refractivity contribution >= 4 is 23.6 Å². The molecule has 25 heavy (non-hydrogen) atoms. The first-order valence-corrected chi connectivity index (χ1v) is 9.21. The predicted octanol–water partition coefficient (Wildman–Crippen LogP) is 4.01. The number of carboxylic acids is 1. The number of nitrogens with zero attached hydrogens (tertiary/aromatic N) is 1. The molecule has 0 aromatic heterocycles. The summed E-state index contributed by atoms with van der Waals surface area (Å²) >= 11 is 1.65. The van der Waals surface area contributed by atoms with E-state index in [9.17, 15) is 14.7 Å². The Labute approximate surface area is 151 Å². The average molecular weight is 355 g/mol. The monoisotopic (exact) mass is 355 g/mol. The Bertz CT molecular complexity index is 803. The van der Waals surface area contributed by atoms with Gasteiger partial charge >= 0.3 is 5.97 Å². The molecular formula is C20H21NO3S. The topological polar surface area (TPSA) is 57.6 Å². The van der Waals surface area contributed by atoms with Crippen LogP contribution in [0.15, 0.2) is 53.4 Å². The van der Waals surface area contributed by atoms with Crippen molar-refractivity contribution in [1.82, 2.24) is 4.90 Å². The summed E-state index contributed by atoms with van der Waals surface area (Å²) in [6.45, 7) is 4.82. The molecule has 130 valence electrons. The number of hydrogen-bond acceptors (Lipinski definition) is 3. The fourth-order valence-electron chi connectivity index (χ4n) is 3.14. The van der Waals surface area contributed by atoms with Crippen LogP contribution in [0.4, 0.5) is 0 Å². The van der Waals surface area contributed by atoms with Gasteiger partial charge in [0.1, 0.15) is 0 Å². The molecule has 1 amide bonds. The number of thioether (sulfide) groups is 1. The molecule has 0 bridgehead atoms. The standard InChI is InChI=1S/C20H21NO3S/c1-13(2)25-18-10-6-5-9-16(18)19(22)21-11-14-7-3-4-8-15(14)17(12-21)20(23)24/h3-10,13,17H,11-12H2,1-2H3,(H,23,24). The van der Waals surface area contributed by atoms with Crippen LogP contribution in [0.2, 0.25) is 0 Å². The van der Waals surface area contributed by atoms with E-state index in [1.165, 1.54) is 0 Å². The average Bonchev–Trinajstić information content (AvgIpc) is 2.60. The van der Waals surface area contributed by atoms with Crippen molar-refractivity contribution in [1.29, 1.82) is 0 Å². The van der Waals surface area contributed by atoms with E-state index in [0.29, 0.717) is 17.4 Å². The van der Waals surface area contributed by atoms with E-state index < -0.39 is 11.9 Å². The molecular weight excluding hydrogens is 334 g/mol. The second kappa shape index (κ2) is 7.31. The summed E-state index contributed by atoms with van der Waals surface area (Å²) in [6, 6.07) is 15.0. The lowest BCUT2D eigenvalue weighted by Gasteiger charge is -2.33. The number of hydrogen-bond donors (Lipinski definition) is 1. The minimum absolute atomic E-state index is 0.107. The van der Waals surface area contributed by atoms with E-state index in [2.05, 4.69) is 13.8 Å². The van der Waals surface area contributed by atoms with Crippen molar-refractivity contribution < 1.29 is 14.7 Å². The highest BCUT2D eigenvalue weighted by Gasteiger charge is 2.33. The number of amides is 1. The van der Waals surface area contributed by atoms with Crippen molar-refractivity contribution in [3.05, 3.63) is 65.2 Å². The van der Waals surface area contributed by atoms with E-state index in [4.69, 9.17) is 0 Å². The van der Waals surface area contributed by atoms with E-state index in [1.807, 2.05) is 48.5 Å². The van der Waals surface area contributed by atoms with Crippen LogP contribution in [0.25, 0.3) is 0 Å². The van der Waals surface area contributed by atoms with Crippen LogP contribution in [-0.4, -0.2) is 33.7 Å². The van der Waals surface area contributed by atoms with Crippen LogP contribution in [0, 0.1) is 0 Å². The lowest BCUT2D eigenvalue weighted by Crippen LogP contribution is -2.40. The second-order valence-corrected chi connectivity index (χ2v) is 8.06. The van der Waals surface area contributed by atoms with Crippen LogP contribution in [0.1, 0.15) is 41.3 Å². The third kappa shape index (κ3) is 3.71. The zero-order valence-corrected chi connectivity index (χ0v) is 15.1. The molecule has 1 N–H and O–H groups in total. The normalized spacial score (nSPS) is 16.6. The Hall–Kier alpha value is -2.27. The lowest BCUT2D eigenvalue weighted by atomic mass is 9.89. The number of carbonyl (C=O) groups is 2. The van der Waals surface area contributed by atoms with Gasteiger partial charge in [0.05, 0.1) is 11.5 Å². The highest BCUT2D eigenvalue weighted by Crippen LogP contribution is 2.32. The van der Waals surface area contributed by atoms with Crippen molar-refractivity contribution in [2.24, 2.45) is 0 Å². The highest BCUT2D eigenvalue weighted by atomic mass is 32.2. The van der Waals surface area contributed by atoms with Crippen LogP contribution in [-0.2, 0) is 11.3 Å². The molecule has 5 heteroatoms. The van der Waals surface area contributed by atoms with Crippen molar-refractivity contribution in [3.8, 4) is 0 Å². The fraction of sp³-hybridized carbons (Fsp3) is 0.300. The van der Waals surface area contributed by atoms with Crippen LogP contribution < -0.4 is 0 Å². The lowest BCUT2D eigenvalue weighted by molar-refractivity contribution is -0.139. The van der Waals surface area contributed by atoms with E-state index >= 15 is 0 Å². The molecule has 2 aromatic carbocycles. The number of benzene rings is 2. The van der Waals surface area contributed by atoms with Gasteiger partial charge in [-0.3, -0.25) is 9.59 Å². The number of fused-ring (bicyclic) bond motifs is 1. The third-order valence-corrected chi connectivity index (χ3v) is 5.34. The fourth-order valence-corrected chi connectivity index (χ4v) is 4.09. The number of rotatable bonds is 4. The maximum atomic E-state index is 13.1. The first-order valence-electron chi connectivity index (χ1n) is 8.33. The highest BCUT2D eigenvalue weighted by molar-refractivity contribution is 8.00. The Balaban J connectivity index is 1.93. The zero-order valence-electron chi connectivity index (χ0n) is 14.3. The molecule has 0 radical (unpaired) electrons. The maximum absolute atomic E-state index is 13.1. The quantitative estimate of drug-likeness (QED) is 0.842. The SMILES string of the molecule is CC(C)Sc1ccccc1C(=O)N1Cc2ccccc2C(C(=O)O)C1. The van der Waals surface area contributed by atoms with Crippen LogP contribution >= 0.6 is 11.8 Å². The molecule has 3 rings (SSSR count). The first kappa shape index (κ1) is 17.5. The van der Waals surface area contributed by atoms with Gasteiger partial charge in [-0.15, -0.1) is 11.8 Å². The van der Waals surface area contributed by atoms with Crippen molar-refractivity contribution in [2.45, 2.75) is 36.5 Å². The first-order chi connectivity index (χ1) is 12.0. The Kier molecular flexibility index (Phi) is 5.13. The van der Waals surface area contributed by atoms with Gasteiger partial charge in [-0.2, -0.15) is 0 Å². The molecule has 1 unspecified atom stereocenters. The molecule has 0 aliphatic carbocycles. The molecule has 1 aliphatic heterocycles. The van der Waals surface area contributed by atoms with Gasteiger partial charge in [0.15, 0.2) is 0 Å². The van der Waals surface area contributed by atoms with Gasteiger partial charge in [-0.25, -0.2) is 0 Å². The molecule has 0 saturated carbocycles. The van der Waals surface area contributed by atoms with Crippen molar-refractivity contribution in [2.75, 3.05) is 6.54 Å². The zero-order chi connectivity index (χ0) is 18.0. The van der Waals surface area contributed by atoms with Crippen molar-refractivity contribution in [3.63, 3.8) is 0 Å². The minimum Gasteiger partial charge on any atom is -0.481 e. The molecule has 0 saturated heterocycles. The predicted molar refractivity (Wildman–Crippen MR) is 99.0 cm³/mol. The number of aliphatic carboxylic acids is 1. The Morgan fingerprint density at radius 1 is 1.12 bits per heavy atom. The third-order valence-electron chi connectivity index (χ3n) is 4.26. The second-order valence-electron chi connectivity index (χ2n) is 6.44. The molecule has 0 spiro atoms. The molecule has 2 aromatic rings. The summed E-state index contributed by atoms with van der Waals surface area (Å²) in [6.07, 6.45) is 0. The molecule has 1 heterocycles. The van der Waals surface area contributed by atoms with E-state index in [0.717, 1.165) is 16.0 Å². The van der Waals surface area contributed by atoms with Gasteiger partial charge in [0.25, 0.3) is 5.91 Å². The van der Waals surface area contributed by atoms with Gasteiger partial charge in [-0.1, -0.05) is 50.2 Å². The number of carboxylic acid groups (broad SMARTS) is 1. The van der Waals surface area contributed by atoms with Gasteiger partial charge < -0.3 is 10.0 Å². The van der Waals surface area contributed by atoms with Gasteiger partial charge in [0, 0.05) is 23.2 Å². The van der Waals surface area contributed by atoms with Gasteiger partial charge in [-0.05, 0) is 23.3 Å².